The standard InChI is InChI=1S/C9H14N4OS2/c14-8(12-9-5-11-13-16-9)6-15-7-1-3-10-4-2-7/h5,7,10H,1-4,6H2,(H,12,14). The average molecular weight is 258 g/mol. The summed E-state index contributed by atoms with van der Waals surface area (Å²) >= 11 is 2.94. The summed E-state index contributed by atoms with van der Waals surface area (Å²) in [5, 5.41) is 11.1. The SMILES string of the molecule is O=C(CSC1CCNCC1)Nc1cnns1. The van der Waals surface area contributed by atoms with Gasteiger partial charge in [0, 0.05) is 16.8 Å². The molecule has 0 bridgehead atoms. The zero-order chi connectivity index (χ0) is 11.2. The van der Waals surface area contributed by atoms with Gasteiger partial charge in [-0.1, -0.05) is 4.49 Å². The van der Waals surface area contributed by atoms with Gasteiger partial charge in [-0.25, -0.2) is 0 Å². The molecule has 0 aromatic carbocycles. The summed E-state index contributed by atoms with van der Waals surface area (Å²) < 4.78 is 3.69. The van der Waals surface area contributed by atoms with E-state index in [0.29, 0.717) is 11.0 Å². The van der Waals surface area contributed by atoms with Gasteiger partial charge in [0.1, 0.15) is 5.00 Å². The Morgan fingerprint density at radius 2 is 2.44 bits per heavy atom. The fraction of sp³-hybridized carbons (Fsp3) is 0.667. The predicted octanol–water partition coefficient (Wildman–Crippen LogP) is 0.962. The molecule has 0 spiro atoms. The Morgan fingerprint density at radius 3 is 3.12 bits per heavy atom. The monoisotopic (exact) mass is 258 g/mol. The maximum atomic E-state index is 11.6. The minimum atomic E-state index is 0.0367. The number of thioether (sulfide) groups is 1. The number of piperidine rings is 1. The summed E-state index contributed by atoms with van der Waals surface area (Å²) in [6.07, 6.45) is 3.87. The second-order valence-corrected chi connectivity index (χ2v) is 5.66. The normalized spacial score (nSPS) is 17.2. The van der Waals surface area contributed by atoms with E-state index in [9.17, 15) is 4.79 Å². The molecule has 1 aromatic heterocycles. The van der Waals surface area contributed by atoms with Crippen LogP contribution in [-0.2, 0) is 4.79 Å². The van der Waals surface area contributed by atoms with Crippen LogP contribution in [0.15, 0.2) is 6.20 Å². The number of nitrogens with zero attached hydrogens (tertiary/aromatic N) is 2. The van der Waals surface area contributed by atoms with Crippen LogP contribution in [-0.4, -0.2) is 39.6 Å². The summed E-state index contributed by atoms with van der Waals surface area (Å²) in [6, 6.07) is 0. The maximum absolute atomic E-state index is 11.6. The molecule has 2 rings (SSSR count). The molecule has 0 atom stereocenters. The highest BCUT2D eigenvalue weighted by molar-refractivity contribution is 8.00. The van der Waals surface area contributed by atoms with Crippen molar-refractivity contribution in [2.75, 3.05) is 24.2 Å². The zero-order valence-corrected chi connectivity index (χ0v) is 10.4. The highest BCUT2D eigenvalue weighted by Crippen LogP contribution is 2.20. The molecule has 88 valence electrons. The molecule has 7 heteroatoms. The second-order valence-electron chi connectivity index (χ2n) is 3.59. The van der Waals surface area contributed by atoms with Gasteiger partial charge in [0.05, 0.1) is 11.9 Å². The Kier molecular flexibility index (Phi) is 4.55. The van der Waals surface area contributed by atoms with Crippen molar-refractivity contribution in [2.24, 2.45) is 0 Å². The summed E-state index contributed by atoms with van der Waals surface area (Å²) in [5.41, 5.74) is 0. The molecule has 1 aromatic rings. The Labute approximate surface area is 103 Å². The summed E-state index contributed by atoms with van der Waals surface area (Å²) in [5.74, 6) is 0.553. The molecule has 5 nitrogen and oxygen atoms in total. The largest absolute Gasteiger partial charge is 0.317 e. The molecule has 0 radical (unpaired) electrons. The van der Waals surface area contributed by atoms with Gasteiger partial charge in [-0.05, 0) is 25.9 Å². The molecule has 1 saturated heterocycles. The highest BCUT2D eigenvalue weighted by Gasteiger charge is 2.15. The van der Waals surface area contributed by atoms with E-state index in [2.05, 4.69) is 20.2 Å². The molecule has 1 aliphatic rings. The minimum absolute atomic E-state index is 0.0367. The highest BCUT2D eigenvalue weighted by atomic mass is 32.2. The lowest BCUT2D eigenvalue weighted by Gasteiger charge is -2.21. The van der Waals surface area contributed by atoms with E-state index in [1.165, 1.54) is 11.5 Å². The number of carbonyl (C=O) groups is 1. The Hall–Kier alpha value is -0.660. The van der Waals surface area contributed by atoms with E-state index < -0.39 is 0 Å². The van der Waals surface area contributed by atoms with Crippen LogP contribution < -0.4 is 10.6 Å². The van der Waals surface area contributed by atoms with Crippen LogP contribution >= 0.6 is 23.3 Å². The van der Waals surface area contributed by atoms with Gasteiger partial charge in [-0.2, -0.15) is 0 Å². The minimum Gasteiger partial charge on any atom is -0.317 e. The number of aromatic nitrogens is 2. The van der Waals surface area contributed by atoms with E-state index in [0.717, 1.165) is 30.9 Å². The van der Waals surface area contributed by atoms with Gasteiger partial charge in [-0.3, -0.25) is 4.79 Å². The Morgan fingerprint density at radius 1 is 1.62 bits per heavy atom. The number of amides is 1. The van der Waals surface area contributed by atoms with E-state index in [1.54, 1.807) is 18.0 Å². The molecular formula is C9H14N4OS2. The van der Waals surface area contributed by atoms with Gasteiger partial charge >= 0.3 is 0 Å². The fourth-order valence-electron chi connectivity index (χ4n) is 1.55. The van der Waals surface area contributed by atoms with Crippen LogP contribution in [0, 0.1) is 0 Å². The van der Waals surface area contributed by atoms with E-state index in [4.69, 9.17) is 0 Å². The first kappa shape index (κ1) is 11.8. The molecule has 2 N–H and O–H groups in total. The van der Waals surface area contributed by atoms with Crippen molar-refractivity contribution in [2.45, 2.75) is 18.1 Å². The summed E-state index contributed by atoms with van der Waals surface area (Å²) in [6.45, 7) is 2.14. The summed E-state index contributed by atoms with van der Waals surface area (Å²) in [4.78, 5) is 11.6. The third-order valence-electron chi connectivity index (χ3n) is 2.36. The molecule has 1 aliphatic heterocycles. The quantitative estimate of drug-likeness (QED) is 0.842. The third-order valence-corrected chi connectivity index (χ3v) is 4.31. The van der Waals surface area contributed by atoms with Crippen molar-refractivity contribution < 1.29 is 4.79 Å². The van der Waals surface area contributed by atoms with Crippen LogP contribution in [0.2, 0.25) is 0 Å². The average Bonchev–Trinajstić information content (AvgIpc) is 2.81. The van der Waals surface area contributed by atoms with Gasteiger partial charge in [-0.15, -0.1) is 16.9 Å². The van der Waals surface area contributed by atoms with Crippen LogP contribution in [0.25, 0.3) is 0 Å². The van der Waals surface area contributed by atoms with E-state index in [-0.39, 0.29) is 5.91 Å². The Balaban J connectivity index is 1.67. The number of hydrogen-bond acceptors (Lipinski definition) is 6. The van der Waals surface area contributed by atoms with Crippen molar-refractivity contribution in [1.29, 1.82) is 0 Å². The molecular weight excluding hydrogens is 244 g/mol. The number of anilines is 1. The lowest BCUT2D eigenvalue weighted by Crippen LogP contribution is -2.30. The fourth-order valence-corrected chi connectivity index (χ4v) is 3.02. The molecule has 1 fully saturated rings. The van der Waals surface area contributed by atoms with Crippen LogP contribution in [0.4, 0.5) is 5.00 Å². The van der Waals surface area contributed by atoms with Crippen LogP contribution in [0.5, 0.6) is 0 Å². The first-order valence-corrected chi connectivity index (χ1v) is 7.06. The topological polar surface area (TPSA) is 66.9 Å². The van der Waals surface area contributed by atoms with Crippen LogP contribution in [0.1, 0.15) is 12.8 Å². The Bertz CT molecular complexity index is 324. The predicted molar refractivity (Wildman–Crippen MR) is 66.9 cm³/mol. The third kappa shape index (κ3) is 3.73. The molecule has 2 heterocycles. The first-order chi connectivity index (χ1) is 7.84. The molecule has 0 unspecified atom stereocenters. The summed E-state index contributed by atoms with van der Waals surface area (Å²) in [7, 11) is 0. The van der Waals surface area contributed by atoms with Gasteiger partial charge < -0.3 is 10.6 Å². The lowest BCUT2D eigenvalue weighted by atomic mass is 10.2. The maximum Gasteiger partial charge on any atom is 0.235 e. The van der Waals surface area contributed by atoms with E-state index >= 15 is 0 Å². The molecule has 0 aliphatic carbocycles. The zero-order valence-electron chi connectivity index (χ0n) is 8.81. The van der Waals surface area contributed by atoms with Crippen molar-refractivity contribution in [3.8, 4) is 0 Å². The van der Waals surface area contributed by atoms with E-state index in [1.807, 2.05) is 0 Å². The van der Waals surface area contributed by atoms with Crippen molar-refractivity contribution in [3.05, 3.63) is 6.20 Å². The number of hydrogen-bond donors (Lipinski definition) is 2. The van der Waals surface area contributed by atoms with Gasteiger partial charge in [0.25, 0.3) is 0 Å². The number of carbonyl (C=O) groups excluding carboxylic acids is 1. The van der Waals surface area contributed by atoms with Gasteiger partial charge in [0.15, 0.2) is 0 Å². The molecule has 0 saturated carbocycles. The number of rotatable bonds is 4. The first-order valence-electron chi connectivity index (χ1n) is 5.24. The smallest absolute Gasteiger partial charge is 0.235 e. The molecule has 1 amide bonds. The van der Waals surface area contributed by atoms with Crippen molar-refractivity contribution >= 4 is 34.2 Å². The second kappa shape index (κ2) is 6.17. The lowest BCUT2D eigenvalue weighted by molar-refractivity contribution is -0.113. The van der Waals surface area contributed by atoms with Crippen molar-refractivity contribution in [3.63, 3.8) is 0 Å². The van der Waals surface area contributed by atoms with Crippen LogP contribution in [0.3, 0.4) is 0 Å². The molecule has 16 heavy (non-hydrogen) atoms. The van der Waals surface area contributed by atoms with Crippen molar-refractivity contribution in [1.82, 2.24) is 14.9 Å². The number of nitrogens with one attached hydrogen (secondary N) is 2. The van der Waals surface area contributed by atoms with Gasteiger partial charge in [0.2, 0.25) is 5.91 Å².